The van der Waals surface area contributed by atoms with E-state index >= 15 is 0 Å². The van der Waals surface area contributed by atoms with Gasteiger partial charge in [0.1, 0.15) is 29.6 Å². The van der Waals surface area contributed by atoms with Crippen molar-refractivity contribution in [3.63, 3.8) is 0 Å². The summed E-state index contributed by atoms with van der Waals surface area (Å²) < 4.78 is 4.99. The summed E-state index contributed by atoms with van der Waals surface area (Å²) in [6.45, 7) is 4.92. The summed E-state index contributed by atoms with van der Waals surface area (Å²) in [5.41, 5.74) is -0.411. The number of amides is 1. The van der Waals surface area contributed by atoms with Gasteiger partial charge in [0.25, 0.3) is 0 Å². The summed E-state index contributed by atoms with van der Waals surface area (Å²) in [5.74, 6) is 0. The van der Waals surface area contributed by atoms with E-state index in [2.05, 4.69) is 15.5 Å². The number of hydrogen-bond acceptors (Lipinski definition) is 6. The normalized spacial score (nSPS) is 14.2. The SMILES string of the molecule is CC(C)(C)OC(=O)NCC(O)C(O)c1cn[nH]c1C#N. The van der Waals surface area contributed by atoms with E-state index in [4.69, 9.17) is 10.00 Å². The summed E-state index contributed by atoms with van der Waals surface area (Å²) in [4.78, 5) is 11.4. The molecule has 0 aromatic carbocycles. The van der Waals surface area contributed by atoms with E-state index in [1.807, 2.05) is 0 Å². The Balaban J connectivity index is 2.53. The number of ether oxygens (including phenoxy) is 1. The highest BCUT2D eigenvalue weighted by atomic mass is 16.6. The maximum atomic E-state index is 11.4. The second-order valence-corrected chi connectivity index (χ2v) is 5.21. The standard InChI is InChI=1S/C12H18N4O4/c1-12(2,3)20-11(19)14-6-9(17)10(18)7-5-15-16-8(7)4-13/h5,9-10,17-18H,6H2,1-3H3,(H,14,19)(H,15,16). The molecule has 8 nitrogen and oxygen atoms in total. The third-order valence-electron chi connectivity index (χ3n) is 2.32. The molecular formula is C12H18N4O4. The lowest BCUT2D eigenvalue weighted by molar-refractivity contribution is 0.0128. The van der Waals surface area contributed by atoms with Gasteiger partial charge in [0.2, 0.25) is 0 Å². The van der Waals surface area contributed by atoms with E-state index in [0.717, 1.165) is 0 Å². The van der Waals surface area contributed by atoms with Crippen molar-refractivity contribution in [2.75, 3.05) is 6.54 Å². The molecule has 4 N–H and O–H groups in total. The van der Waals surface area contributed by atoms with Crippen molar-refractivity contribution in [1.82, 2.24) is 15.5 Å². The summed E-state index contributed by atoms with van der Waals surface area (Å²) in [6.07, 6.45) is -2.07. The topological polar surface area (TPSA) is 131 Å². The Morgan fingerprint density at radius 3 is 2.80 bits per heavy atom. The van der Waals surface area contributed by atoms with Gasteiger partial charge in [-0.1, -0.05) is 0 Å². The number of aromatic nitrogens is 2. The van der Waals surface area contributed by atoms with Crippen LogP contribution in [0, 0.1) is 11.3 Å². The molecule has 0 radical (unpaired) electrons. The third-order valence-corrected chi connectivity index (χ3v) is 2.32. The van der Waals surface area contributed by atoms with Crippen molar-refractivity contribution in [2.24, 2.45) is 0 Å². The van der Waals surface area contributed by atoms with Crippen LogP contribution in [0.1, 0.15) is 38.1 Å². The van der Waals surface area contributed by atoms with E-state index in [1.165, 1.54) is 6.20 Å². The monoisotopic (exact) mass is 282 g/mol. The minimum absolute atomic E-state index is 0.0637. The van der Waals surface area contributed by atoms with E-state index in [1.54, 1.807) is 26.8 Å². The quantitative estimate of drug-likeness (QED) is 0.624. The van der Waals surface area contributed by atoms with Crippen molar-refractivity contribution >= 4 is 6.09 Å². The Bertz CT molecular complexity index is 500. The third kappa shape index (κ3) is 4.53. The number of alkyl carbamates (subject to hydrolysis) is 1. The lowest BCUT2D eigenvalue weighted by Crippen LogP contribution is -2.38. The largest absolute Gasteiger partial charge is 0.444 e. The van der Waals surface area contributed by atoms with Crippen LogP contribution in [0.25, 0.3) is 0 Å². The average Bonchev–Trinajstić information content (AvgIpc) is 2.81. The van der Waals surface area contributed by atoms with Crippen molar-refractivity contribution in [3.8, 4) is 6.07 Å². The first-order valence-corrected chi connectivity index (χ1v) is 6.01. The second-order valence-electron chi connectivity index (χ2n) is 5.21. The summed E-state index contributed by atoms with van der Waals surface area (Å²) in [7, 11) is 0. The highest BCUT2D eigenvalue weighted by Crippen LogP contribution is 2.18. The Morgan fingerprint density at radius 2 is 2.25 bits per heavy atom. The van der Waals surface area contributed by atoms with Gasteiger partial charge >= 0.3 is 6.09 Å². The highest BCUT2D eigenvalue weighted by Gasteiger charge is 2.24. The molecule has 2 unspecified atom stereocenters. The fraction of sp³-hybridized carbons (Fsp3) is 0.583. The number of nitriles is 1. The maximum absolute atomic E-state index is 11.4. The van der Waals surface area contributed by atoms with Gasteiger partial charge in [-0.3, -0.25) is 5.10 Å². The molecule has 0 aliphatic rings. The number of rotatable bonds is 4. The van der Waals surface area contributed by atoms with Gasteiger partial charge in [-0.05, 0) is 20.8 Å². The average molecular weight is 282 g/mol. The molecule has 0 saturated heterocycles. The Kier molecular flexibility index (Phi) is 5.07. The molecule has 2 atom stereocenters. The summed E-state index contributed by atoms with van der Waals surface area (Å²) in [6, 6.07) is 1.81. The van der Waals surface area contributed by atoms with E-state index in [9.17, 15) is 15.0 Å². The maximum Gasteiger partial charge on any atom is 0.407 e. The van der Waals surface area contributed by atoms with Crippen LogP contribution in [0.2, 0.25) is 0 Å². The van der Waals surface area contributed by atoms with Gasteiger partial charge in [-0.2, -0.15) is 10.4 Å². The zero-order valence-corrected chi connectivity index (χ0v) is 11.5. The van der Waals surface area contributed by atoms with Crippen LogP contribution in [-0.4, -0.2) is 44.8 Å². The van der Waals surface area contributed by atoms with Crippen molar-refractivity contribution in [3.05, 3.63) is 17.5 Å². The number of carbonyl (C=O) groups excluding carboxylic acids is 1. The van der Waals surface area contributed by atoms with Crippen molar-refractivity contribution in [1.29, 1.82) is 5.26 Å². The van der Waals surface area contributed by atoms with E-state index in [-0.39, 0.29) is 17.8 Å². The molecule has 0 spiro atoms. The number of carbonyl (C=O) groups is 1. The molecule has 8 heteroatoms. The molecule has 0 saturated carbocycles. The molecule has 0 fully saturated rings. The Hall–Kier alpha value is -2.11. The van der Waals surface area contributed by atoms with Crippen LogP contribution in [0.4, 0.5) is 4.79 Å². The van der Waals surface area contributed by atoms with Gasteiger partial charge in [-0.25, -0.2) is 4.79 Å². The van der Waals surface area contributed by atoms with Gasteiger partial charge in [-0.15, -0.1) is 0 Å². The molecule has 1 aromatic rings. The van der Waals surface area contributed by atoms with Crippen LogP contribution in [0.5, 0.6) is 0 Å². The van der Waals surface area contributed by atoms with E-state index < -0.39 is 23.9 Å². The number of nitrogens with zero attached hydrogens (tertiary/aromatic N) is 2. The minimum Gasteiger partial charge on any atom is -0.444 e. The number of H-pyrrole nitrogens is 1. The van der Waals surface area contributed by atoms with Crippen LogP contribution in [0.15, 0.2) is 6.20 Å². The Morgan fingerprint density at radius 1 is 1.60 bits per heavy atom. The molecule has 0 aliphatic heterocycles. The summed E-state index contributed by atoms with van der Waals surface area (Å²) in [5, 5.41) is 36.8. The van der Waals surface area contributed by atoms with Crippen LogP contribution < -0.4 is 5.32 Å². The Labute approximate surface area is 116 Å². The molecule has 110 valence electrons. The first-order valence-electron chi connectivity index (χ1n) is 6.01. The second kappa shape index (κ2) is 6.36. The molecule has 1 heterocycles. The predicted octanol–water partition coefficient (Wildman–Crippen LogP) is 0.200. The lowest BCUT2D eigenvalue weighted by Gasteiger charge is -2.21. The molecule has 0 aliphatic carbocycles. The van der Waals surface area contributed by atoms with Crippen LogP contribution in [-0.2, 0) is 4.74 Å². The first-order chi connectivity index (χ1) is 9.24. The minimum atomic E-state index is -1.33. The molecule has 20 heavy (non-hydrogen) atoms. The number of nitrogens with one attached hydrogen (secondary N) is 2. The van der Waals surface area contributed by atoms with Crippen LogP contribution in [0.3, 0.4) is 0 Å². The fourth-order valence-corrected chi connectivity index (χ4v) is 1.43. The molecule has 0 bridgehead atoms. The van der Waals surface area contributed by atoms with Gasteiger partial charge in [0.05, 0.1) is 6.20 Å². The molecular weight excluding hydrogens is 264 g/mol. The highest BCUT2D eigenvalue weighted by molar-refractivity contribution is 5.67. The predicted molar refractivity (Wildman–Crippen MR) is 68.5 cm³/mol. The molecule has 1 aromatic heterocycles. The van der Waals surface area contributed by atoms with Gasteiger partial charge in [0.15, 0.2) is 0 Å². The molecule has 1 rings (SSSR count). The molecule has 1 amide bonds. The number of hydrogen-bond donors (Lipinski definition) is 4. The van der Waals surface area contributed by atoms with Crippen LogP contribution >= 0.6 is 0 Å². The van der Waals surface area contributed by atoms with Crippen molar-refractivity contribution < 1.29 is 19.7 Å². The number of aliphatic hydroxyl groups excluding tert-OH is 2. The van der Waals surface area contributed by atoms with Gasteiger partial charge in [0, 0.05) is 12.1 Å². The number of aromatic amines is 1. The lowest BCUT2D eigenvalue weighted by atomic mass is 10.1. The zero-order chi connectivity index (χ0) is 15.3. The summed E-state index contributed by atoms with van der Waals surface area (Å²) >= 11 is 0. The first kappa shape index (κ1) is 15.9. The number of aliphatic hydroxyl groups is 2. The smallest absolute Gasteiger partial charge is 0.407 e. The van der Waals surface area contributed by atoms with Gasteiger partial charge < -0.3 is 20.3 Å². The fourth-order valence-electron chi connectivity index (χ4n) is 1.43. The zero-order valence-electron chi connectivity index (χ0n) is 11.5. The van der Waals surface area contributed by atoms with E-state index in [0.29, 0.717) is 0 Å². The van der Waals surface area contributed by atoms with Crippen molar-refractivity contribution in [2.45, 2.75) is 38.6 Å².